The van der Waals surface area contributed by atoms with Gasteiger partial charge in [-0.1, -0.05) is 36.4 Å². The number of benzene rings is 2. The van der Waals surface area contributed by atoms with Gasteiger partial charge in [-0.15, -0.1) is 0 Å². The molecule has 0 fully saturated rings. The fourth-order valence-corrected chi connectivity index (χ4v) is 3.39. The molecule has 25 heavy (non-hydrogen) atoms. The molecule has 1 aromatic heterocycles. The fraction of sp³-hybridized carbons (Fsp3) is 0.200. The molecule has 2 aromatic carbocycles. The largest absolute Gasteiger partial charge is 0.361 e. The van der Waals surface area contributed by atoms with E-state index in [1.54, 1.807) is 0 Å². The summed E-state index contributed by atoms with van der Waals surface area (Å²) in [6, 6.07) is 15.4. The van der Waals surface area contributed by atoms with Gasteiger partial charge in [0.05, 0.1) is 12.5 Å². The number of hydrogen-bond acceptors (Lipinski definition) is 2. The Bertz CT molecular complexity index is 945. The van der Waals surface area contributed by atoms with Crippen LogP contribution in [-0.4, -0.2) is 16.8 Å². The predicted octanol–water partition coefficient (Wildman–Crippen LogP) is 3.30. The van der Waals surface area contributed by atoms with Crippen LogP contribution in [0, 0.1) is 0 Å². The molecule has 3 N–H and O–H groups in total. The first-order valence-electron chi connectivity index (χ1n) is 8.44. The number of nitrogens with one attached hydrogen (secondary N) is 3. The molecule has 0 bridgehead atoms. The standard InChI is InChI=1S/C20H19N3O2/c24-19(10-9-13-12-21-16-7-3-1-5-14(13)16)23-18-11-20(25)22-17-8-4-2-6-15(17)18/h1-8,12,18,21H,9-11H2,(H,22,25)(H,23,24)/t18-/m0/s1. The number of fused-ring (bicyclic) bond motifs is 2. The van der Waals surface area contributed by atoms with Crippen LogP contribution in [0.4, 0.5) is 5.69 Å². The van der Waals surface area contributed by atoms with Gasteiger partial charge in [-0.25, -0.2) is 0 Å². The van der Waals surface area contributed by atoms with E-state index in [4.69, 9.17) is 0 Å². The van der Waals surface area contributed by atoms with E-state index in [1.807, 2.05) is 48.7 Å². The summed E-state index contributed by atoms with van der Waals surface area (Å²) >= 11 is 0. The highest BCUT2D eigenvalue weighted by atomic mass is 16.2. The van der Waals surface area contributed by atoms with Crippen molar-refractivity contribution >= 4 is 28.4 Å². The van der Waals surface area contributed by atoms with Crippen molar-refractivity contribution in [1.29, 1.82) is 0 Å². The summed E-state index contributed by atoms with van der Waals surface area (Å²) in [5, 5.41) is 7.00. The number of rotatable bonds is 4. The third-order valence-electron chi connectivity index (χ3n) is 4.63. The summed E-state index contributed by atoms with van der Waals surface area (Å²) in [5.74, 6) is -0.111. The lowest BCUT2D eigenvalue weighted by Crippen LogP contribution is -2.35. The second kappa shape index (κ2) is 6.43. The quantitative estimate of drug-likeness (QED) is 0.685. The van der Waals surface area contributed by atoms with Crippen LogP contribution >= 0.6 is 0 Å². The molecule has 5 heteroatoms. The molecule has 2 amide bonds. The van der Waals surface area contributed by atoms with Crippen molar-refractivity contribution in [3.05, 3.63) is 65.9 Å². The Morgan fingerprint density at radius 2 is 1.92 bits per heavy atom. The number of aromatic nitrogens is 1. The molecule has 0 radical (unpaired) electrons. The molecule has 0 saturated heterocycles. The van der Waals surface area contributed by atoms with E-state index in [2.05, 4.69) is 21.7 Å². The van der Waals surface area contributed by atoms with Gasteiger partial charge in [0.2, 0.25) is 11.8 Å². The van der Waals surface area contributed by atoms with E-state index in [0.717, 1.165) is 27.7 Å². The van der Waals surface area contributed by atoms with Gasteiger partial charge < -0.3 is 15.6 Å². The minimum Gasteiger partial charge on any atom is -0.361 e. The second-order valence-corrected chi connectivity index (χ2v) is 6.32. The smallest absolute Gasteiger partial charge is 0.226 e. The molecular weight excluding hydrogens is 314 g/mol. The van der Waals surface area contributed by atoms with Crippen LogP contribution in [0.3, 0.4) is 0 Å². The molecule has 1 aliphatic rings. The highest BCUT2D eigenvalue weighted by molar-refractivity contribution is 5.95. The Hall–Kier alpha value is -3.08. The Kier molecular flexibility index (Phi) is 3.98. The molecule has 4 rings (SSSR count). The highest BCUT2D eigenvalue weighted by Gasteiger charge is 2.25. The topological polar surface area (TPSA) is 74.0 Å². The molecule has 0 saturated carbocycles. The first-order chi connectivity index (χ1) is 12.2. The van der Waals surface area contributed by atoms with Crippen molar-refractivity contribution in [3.63, 3.8) is 0 Å². The van der Waals surface area contributed by atoms with Crippen LogP contribution in [-0.2, 0) is 16.0 Å². The molecular formula is C20H19N3O2. The minimum absolute atomic E-state index is 0.0419. The molecule has 126 valence electrons. The number of para-hydroxylation sites is 2. The molecule has 3 aromatic rings. The first kappa shape index (κ1) is 15.4. The van der Waals surface area contributed by atoms with Crippen molar-refractivity contribution in [2.45, 2.75) is 25.3 Å². The summed E-state index contributed by atoms with van der Waals surface area (Å²) in [5.41, 5.74) is 3.95. The third kappa shape index (κ3) is 3.13. The predicted molar refractivity (Wildman–Crippen MR) is 97.2 cm³/mol. The summed E-state index contributed by atoms with van der Waals surface area (Å²) in [4.78, 5) is 27.5. The Labute approximate surface area is 145 Å². The highest BCUT2D eigenvalue weighted by Crippen LogP contribution is 2.30. The lowest BCUT2D eigenvalue weighted by atomic mass is 9.97. The zero-order valence-corrected chi connectivity index (χ0v) is 13.7. The molecule has 0 aliphatic carbocycles. The average Bonchev–Trinajstić information content (AvgIpc) is 3.03. The lowest BCUT2D eigenvalue weighted by molar-refractivity contribution is -0.122. The Morgan fingerprint density at radius 1 is 1.12 bits per heavy atom. The van der Waals surface area contributed by atoms with Crippen molar-refractivity contribution in [3.8, 4) is 0 Å². The number of anilines is 1. The minimum atomic E-state index is -0.264. The Morgan fingerprint density at radius 3 is 2.84 bits per heavy atom. The summed E-state index contributed by atoms with van der Waals surface area (Å²) in [6.45, 7) is 0. The summed E-state index contributed by atoms with van der Waals surface area (Å²) < 4.78 is 0. The van der Waals surface area contributed by atoms with E-state index < -0.39 is 0 Å². The Balaban J connectivity index is 1.43. The van der Waals surface area contributed by atoms with Gasteiger partial charge in [0.15, 0.2) is 0 Å². The molecule has 1 aliphatic heterocycles. The number of aryl methyl sites for hydroxylation is 1. The summed E-state index contributed by atoms with van der Waals surface area (Å²) in [6.07, 6.45) is 3.29. The van der Waals surface area contributed by atoms with E-state index in [0.29, 0.717) is 12.8 Å². The zero-order valence-electron chi connectivity index (χ0n) is 13.7. The fourth-order valence-electron chi connectivity index (χ4n) is 3.39. The first-order valence-corrected chi connectivity index (χ1v) is 8.44. The van der Waals surface area contributed by atoms with Crippen molar-refractivity contribution < 1.29 is 9.59 Å². The molecule has 0 unspecified atom stereocenters. The maximum Gasteiger partial charge on any atom is 0.226 e. The van der Waals surface area contributed by atoms with Gasteiger partial charge in [0.1, 0.15) is 0 Å². The zero-order chi connectivity index (χ0) is 17.2. The molecule has 2 heterocycles. The van der Waals surface area contributed by atoms with E-state index in [9.17, 15) is 9.59 Å². The van der Waals surface area contributed by atoms with Crippen molar-refractivity contribution in [2.75, 3.05) is 5.32 Å². The van der Waals surface area contributed by atoms with Crippen LogP contribution in [0.5, 0.6) is 0 Å². The van der Waals surface area contributed by atoms with Gasteiger partial charge in [0, 0.05) is 29.2 Å². The third-order valence-corrected chi connectivity index (χ3v) is 4.63. The van der Waals surface area contributed by atoms with Gasteiger partial charge in [-0.3, -0.25) is 9.59 Å². The van der Waals surface area contributed by atoms with Crippen LogP contribution < -0.4 is 10.6 Å². The number of carbonyl (C=O) groups is 2. The summed E-state index contributed by atoms with van der Waals surface area (Å²) in [7, 11) is 0. The normalized spacial score (nSPS) is 16.3. The van der Waals surface area contributed by atoms with E-state index in [-0.39, 0.29) is 24.3 Å². The van der Waals surface area contributed by atoms with E-state index >= 15 is 0 Å². The van der Waals surface area contributed by atoms with Gasteiger partial charge in [-0.2, -0.15) is 0 Å². The molecule has 1 atom stereocenters. The molecule has 0 spiro atoms. The number of H-pyrrole nitrogens is 1. The van der Waals surface area contributed by atoms with Crippen LogP contribution in [0.25, 0.3) is 10.9 Å². The maximum absolute atomic E-state index is 12.4. The van der Waals surface area contributed by atoms with Crippen LogP contribution in [0.1, 0.15) is 30.0 Å². The number of hydrogen-bond donors (Lipinski definition) is 3. The monoisotopic (exact) mass is 333 g/mol. The van der Waals surface area contributed by atoms with Gasteiger partial charge in [0.25, 0.3) is 0 Å². The number of carbonyl (C=O) groups excluding carboxylic acids is 2. The lowest BCUT2D eigenvalue weighted by Gasteiger charge is -2.26. The number of aromatic amines is 1. The SMILES string of the molecule is O=C1C[C@H](NC(=O)CCc2c[nH]c3ccccc23)c2ccccc2N1. The van der Waals surface area contributed by atoms with E-state index in [1.165, 1.54) is 0 Å². The van der Waals surface area contributed by atoms with Crippen molar-refractivity contribution in [1.82, 2.24) is 10.3 Å². The van der Waals surface area contributed by atoms with Crippen LogP contribution in [0.15, 0.2) is 54.7 Å². The van der Waals surface area contributed by atoms with Crippen LogP contribution in [0.2, 0.25) is 0 Å². The molecule has 5 nitrogen and oxygen atoms in total. The maximum atomic E-state index is 12.4. The van der Waals surface area contributed by atoms with Crippen molar-refractivity contribution in [2.24, 2.45) is 0 Å². The van der Waals surface area contributed by atoms with Gasteiger partial charge >= 0.3 is 0 Å². The average molecular weight is 333 g/mol. The van der Waals surface area contributed by atoms with Gasteiger partial charge in [-0.05, 0) is 29.7 Å². The second-order valence-electron chi connectivity index (χ2n) is 6.32. The number of amides is 2.